The molecule has 0 spiro atoms. The molecular formula is C14H21ClN2. The summed E-state index contributed by atoms with van der Waals surface area (Å²) in [5.41, 5.74) is 3.05. The van der Waals surface area contributed by atoms with E-state index in [9.17, 15) is 0 Å². The SMILES string of the molecule is Cl.c1cc(CN2CCNCC2)cc(C2CC2)c1. The molecule has 0 atom stereocenters. The van der Waals surface area contributed by atoms with Crippen LogP contribution in [0.25, 0.3) is 0 Å². The van der Waals surface area contributed by atoms with E-state index < -0.39 is 0 Å². The molecule has 0 aromatic heterocycles. The first-order chi connectivity index (χ1) is 7.92. The van der Waals surface area contributed by atoms with E-state index in [0.717, 1.165) is 25.6 Å². The monoisotopic (exact) mass is 252 g/mol. The quantitative estimate of drug-likeness (QED) is 0.889. The van der Waals surface area contributed by atoms with Gasteiger partial charge in [0.15, 0.2) is 0 Å². The standard InChI is InChI=1S/C14H20N2.ClH/c1-2-12(10-14(3-1)13-4-5-13)11-16-8-6-15-7-9-16;/h1-3,10,13,15H,4-9,11H2;1H. The van der Waals surface area contributed by atoms with Gasteiger partial charge in [-0.15, -0.1) is 12.4 Å². The summed E-state index contributed by atoms with van der Waals surface area (Å²) in [5.74, 6) is 0.878. The highest BCUT2D eigenvalue weighted by Crippen LogP contribution is 2.40. The maximum Gasteiger partial charge on any atom is 0.0234 e. The maximum atomic E-state index is 3.40. The van der Waals surface area contributed by atoms with Gasteiger partial charge in [0, 0.05) is 32.7 Å². The van der Waals surface area contributed by atoms with Gasteiger partial charge < -0.3 is 5.32 Å². The molecule has 0 amide bonds. The van der Waals surface area contributed by atoms with E-state index in [1.165, 1.54) is 31.5 Å². The molecule has 2 aliphatic rings. The first-order valence-electron chi connectivity index (χ1n) is 6.44. The number of halogens is 1. The summed E-state index contributed by atoms with van der Waals surface area (Å²) in [7, 11) is 0. The van der Waals surface area contributed by atoms with Crippen molar-refractivity contribution in [3.05, 3.63) is 35.4 Å². The van der Waals surface area contributed by atoms with Crippen LogP contribution < -0.4 is 5.32 Å². The second-order valence-corrected chi connectivity index (χ2v) is 5.05. The van der Waals surface area contributed by atoms with E-state index in [1.54, 1.807) is 5.56 Å². The Kier molecular flexibility index (Phi) is 4.43. The molecule has 3 rings (SSSR count). The van der Waals surface area contributed by atoms with Gasteiger partial charge in [0.25, 0.3) is 0 Å². The van der Waals surface area contributed by atoms with Crippen molar-refractivity contribution in [1.82, 2.24) is 10.2 Å². The third-order valence-electron chi connectivity index (χ3n) is 3.62. The predicted molar refractivity (Wildman–Crippen MR) is 73.8 cm³/mol. The van der Waals surface area contributed by atoms with Crippen LogP contribution in [0.5, 0.6) is 0 Å². The number of hydrogen-bond acceptors (Lipinski definition) is 2. The molecule has 2 fully saturated rings. The zero-order chi connectivity index (χ0) is 10.8. The summed E-state index contributed by atoms with van der Waals surface area (Å²) in [6.07, 6.45) is 2.80. The van der Waals surface area contributed by atoms with Crippen molar-refractivity contribution < 1.29 is 0 Å². The van der Waals surface area contributed by atoms with Gasteiger partial charge in [-0.2, -0.15) is 0 Å². The molecular weight excluding hydrogens is 232 g/mol. The van der Waals surface area contributed by atoms with Gasteiger partial charge in [0.1, 0.15) is 0 Å². The lowest BCUT2D eigenvalue weighted by molar-refractivity contribution is 0.233. The third kappa shape index (κ3) is 3.44. The summed E-state index contributed by atoms with van der Waals surface area (Å²) in [6, 6.07) is 9.21. The Morgan fingerprint density at radius 2 is 1.94 bits per heavy atom. The van der Waals surface area contributed by atoms with E-state index in [-0.39, 0.29) is 12.4 Å². The lowest BCUT2D eigenvalue weighted by atomic mass is 10.1. The number of hydrogen-bond donors (Lipinski definition) is 1. The number of piperazine rings is 1. The zero-order valence-electron chi connectivity index (χ0n) is 10.2. The van der Waals surface area contributed by atoms with Gasteiger partial charge >= 0.3 is 0 Å². The first kappa shape index (κ1) is 12.9. The summed E-state index contributed by atoms with van der Waals surface area (Å²) in [4.78, 5) is 2.54. The van der Waals surface area contributed by atoms with E-state index in [4.69, 9.17) is 0 Å². The molecule has 3 heteroatoms. The Hall–Kier alpha value is -0.570. The molecule has 1 aliphatic heterocycles. The Bertz CT molecular complexity index is 357. The smallest absolute Gasteiger partial charge is 0.0234 e. The fraction of sp³-hybridized carbons (Fsp3) is 0.571. The van der Waals surface area contributed by atoms with Crippen LogP contribution in [0.2, 0.25) is 0 Å². The average Bonchev–Trinajstić information content (AvgIpc) is 3.15. The van der Waals surface area contributed by atoms with Gasteiger partial charge in [-0.3, -0.25) is 4.90 Å². The van der Waals surface area contributed by atoms with Crippen LogP contribution in [0.15, 0.2) is 24.3 Å². The second-order valence-electron chi connectivity index (χ2n) is 5.05. The van der Waals surface area contributed by atoms with Gasteiger partial charge in [-0.05, 0) is 29.9 Å². The molecule has 0 radical (unpaired) electrons. The van der Waals surface area contributed by atoms with Crippen molar-refractivity contribution in [2.75, 3.05) is 26.2 Å². The Morgan fingerprint density at radius 3 is 2.65 bits per heavy atom. The van der Waals surface area contributed by atoms with E-state index in [0.29, 0.717) is 0 Å². The molecule has 1 aliphatic carbocycles. The fourth-order valence-corrected chi connectivity index (χ4v) is 2.49. The second kappa shape index (κ2) is 5.85. The normalized spacial score (nSPS) is 20.9. The summed E-state index contributed by atoms with van der Waals surface area (Å²) in [5, 5.41) is 3.40. The maximum absolute atomic E-state index is 3.40. The van der Waals surface area contributed by atoms with Gasteiger partial charge in [-0.1, -0.05) is 24.3 Å². The van der Waals surface area contributed by atoms with E-state index in [2.05, 4.69) is 34.5 Å². The average molecular weight is 253 g/mol. The molecule has 1 saturated heterocycles. The van der Waals surface area contributed by atoms with Crippen LogP contribution >= 0.6 is 12.4 Å². The Morgan fingerprint density at radius 1 is 1.18 bits per heavy atom. The first-order valence-corrected chi connectivity index (χ1v) is 6.44. The summed E-state index contributed by atoms with van der Waals surface area (Å²) in [6.45, 7) is 5.79. The Labute approximate surface area is 110 Å². The summed E-state index contributed by atoms with van der Waals surface area (Å²) < 4.78 is 0. The van der Waals surface area contributed by atoms with Crippen LogP contribution in [-0.4, -0.2) is 31.1 Å². The van der Waals surface area contributed by atoms with Gasteiger partial charge in [0.2, 0.25) is 0 Å². The summed E-state index contributed by atoms with van der Waals surface area (Å²) >= 11 is 0. The van der Waals surface area contributed by atoms with Gasteiger partial charge in [0.05, 0.1) is 0 Å². The number of benzene rings is 1. The highest BCUT2D eigenvalue weighted by Gasteiger charge is 2.23. The van der Waals surface area contributed by atoms with Crippen molar-refractivity contribution in [3.8, 4) is 0 Å². The van der Waals surface area contributed by atoms with Crippen molar-refractivity contribution >= 4 is 12.4 Å². The minimum atomic E-state index is 0. The minimum Gasteiger partial charge on any atom is -0.314 e. The highest BCUT2D eigenvalue weighted by atomic mass is 35.5. The number of rotatable bonds is 3. The Balaban J connectivity index is 0.00000108. The van der Waals surface area contributed by atoms with Crippen LogP contribution in [-0.2, 0) is 6.54 Å². The van der Waals surface area contributed by atoms with Crippen LogP contribution in [0, 0.1) is 0 Å². The number of nitrogens with zero attached hydrogens (tertiary/aromatic N) is 1. The molecule has 94 valence electrons. The molecule has 0 bridgehead atoms. The van der Waals surface area contributed by atoms with E-state index in [1.807, 2.05) is 0 Å². The zero-order valence-corrected chi connectivity index (χ0v) is 11.0. The lowest BCUT2D eigenvalue weighted by Crippen LogP contribution is -2.42. The fourth-order valence-electron chi connectivity index (χ4n) is 2.49. The van der Waals surface area contributed by atoms with Gasteiger partial charge in [-0.25, -0.2) is 0 Å². The van der Waals surface area contributed by atoms with Crippen LogP contribution in [0.3, 0.4) is 0 Å². The molecule has 17 heavy (non-hydrogen) atoms. The molecule has 1 aromatic carbocycles. The molecule has 0 unspecified atom stereocenters. The highest BCUT2D eigenvalue weighted by molar-refractivity contribution is 5.85. The van der Waals surface area contributed by atoms with E-state index >= 15 is 0 Å². The number of nitrogens with one attached hydrogen (secondary N) is 1. The molecule has 2 nitrogen and oxygen atoms in total. The van der Waals surface area contributed by atoms with Crippen molar-refractivity contribution in [2.24, 2.45) is 0 Å². The largest absolute Gasteiger partial charge is 0.314 e. The minimum absolute atomic E-state index is 0. The van der Waals surface area contributed by atoms with Crippen molar-refractivity contribution in [2.45, 2.75) is 25.3 Å². The predicted octanol–water partition coefficient (Wildman–Crippen LogP) is 2.39. The molecule has 1 N–H and O–H groups in total. The van der Waals surface area contributed by atoms with Crippen LogP contribution in [0.1, 0.15) is 29.9 Å². The molecule has 1 heterocycles. The third-order valence-corrected chi connectivity index (χ3v) is 3.62. The lowest BCUT2D eigenvalue weighted by Gasteiger charge is -2.27. The van der Waals surface area contributed by atoms with Crippen LogP contribution in [0.4, 0.5) is 0 Å². The van der Waals surface area contributed by atoms with Crippen molar-refractivity contribution in [3.63, 3.8) is 0 Å². The molecule has 1 aromatic rings. The van der Waals surface area contributed by atoms with Crippen molar-refractivity contribution in [1.29, 1.82) is 0 Å². The topological polar surface area (TPSA) is 15.3 Å². The molecule has 1 saturated carbocycles.